The largest absolute Gasteiger partial charge is 0.446 e. The normalized spacial score (nSPS) is 23.5. The van der Waals surface area contributed by atoms with Crippen molar-refractivity contribution in [2.75, 3.05) is 31.5 Å². The second-order valence-corrected chi connectivity index (χ2v) is 16.1. The van der Waals surface area contributed by atoms with E-state index >= 15 is 0 Å². The van der Waals surface area contributed by atoms with Crippen molar-refractivity contribution in [3.05, 3.63) is 52.6 Å². The number of alkyl carbamates (subject to hydrolysis) is 2. The van der Waals surface area contributed by atoms with Gasteiger partial charge in [-0.1, -0.05) is 12.1 Å². The monoisotopic (exact) mass is 663 g/mol. The molecule has 3 N–H and O–H groups in total. The molecule has 13 nitrogen and oxygen atoms in total. The SMILES string of the molecule is CC(C)(C)NC(=O)OC1CC2(CCN(C(=O)Nc3ccn(-c4ccc(CN5CC6C(C5)C6NC(=O)OC(C)(C)C)cc4)c(=O)n3)CC2)C1. The van der Waals surface area contributed by atoms with Crippen molar-refractivity contribution in [2.24, 2.45) is 17.3 Å². The number of urea groups is 1. The van der Waals surface area contributed by atoms with Gasteiger partial charge in [-0.2, -0.15) is 4.98 Å². The highest BCUT2D eigenvalue weighted by molar-refractivity contribution is 5.88. The number of aromatic nitrogens is 2. The number of rotatable bonds is 6. The van der Waals surface area contributed by atoms with Gasteiger partial charge in [-0.25, -0.2) is 19.2 Å². The van der Waals surface area contributed by atoms with Gasteiger partial charge in [0.25, 0.3) is 0 Å². The van der Waals surface area contributed by atoms with Crippen LogP contribution in [0.15, 0.2) is 41.3 Å². The predicted octanol–water partition coefficient (Wildman–Crippen LogP) is 4.49. The van der Waals surface area contributed by atoms with Crippen LogP contribution in [-0.2, 0) is 16.0 Å². The summed E-state index contributed by atoms with van der Waals surface area (Å²) in [6.07, 6.45) is 4.13. The van der Waals surface area contributed by atoms with Crippen LogP contribution in [0.5, 0.6) is 0 Å². The van der Waals surface area contributed by atoms with E-state index in [1.807, 2.05) is 65.8 Å². The van der Waals surface area contributed by atoms with E-state index in [9.17, 15) is 19.2 Å². The summed E-state index contributed by atoms with van der Waals surface area (Å²) >= 11 is 0. The van der Waals surface area contributed by atoms with Gasteiger partial charge in [-0.05, 0) is 108 Å². The second-order valence-electron chi connectivity index (χ2n) is 16.1. The molecule has 0 bridgehead atoms. The van der Waals surface area contributed by atoms with Gasteiger partial charge in [-0.15, -0.1) is 0 Å². The third-order valence-corrected chi connectivity index (χ3v) is 9.80. The molecule has 2 aliphatic heterocycles. The minimum Gasteiger partial charge on any atom is -0.446 e. The molecule has 4 aliphatic rings. The van der Waals surface area contributed by atoms with Crippen molar-refractivity contribution in [3.63, 3.8) is 0 Å². The molecule has 2 saturated heterocycles. The Labute approximate surface area is 281 Å². The molecule has 2 saturated carbocycles. The average Bonchev–Trinajstić information content (AvgIpc) is 3.38. The summed E-state index contributed by atoms with van der Waals surface area (Å²) in [5, 5.41) is 8.62. The molecular weight excluding hydrogens is 614 g/mol. The third-order valence-electron chi connectivity index (χ3n) is 9.80. The van der Waals surface area contributed by atoms with Crippen LogP contribution in [0.2, 0.25) is 0 Å². The van der Waals surface area contributed by atoms with Crippen molar-refractivity contribution >= 4 is 24.0 Å². The zero-order valence-electron chi connectivity index (χ0n) is 28.9. The van der Waals surface area contributed by atoms with Gasteiger partial charge >= 0.3 is 23.9 Å². The molecule has 13 heteroatoms. The lowest BCUT2D eigenvalue weighted by Gasteiger charge is -2.51. The fourth-order valence-corrected chi connectivity index (χ4v) is 7.35. The molecular formula is C35H49N7O6. The van der Waals surface area contributed by atoms with E-state index in [1.165, 1.54) is 4.57 Å². The molecule has 3 heterocycles. The molecule has 48 heavy (non-hydrogen) atoms. The highest BCUT2D eigenvalue weighted by atomic mass is 16.6. The standard InChI is InChI=1S/C35H49N7O6/c1-33(2,3)39-32(46)47-24-17-35(18-24)12-15-41(16-13-35)29(43)36-27-11-14-42(30(44)37-27)23-9-7-22(8-10-23)19-40-20-25-26(21-40)28(25)38-31(45)48-34(4,5)6/h7-11,14,24-26,28H,12-13,15-21H2,1-6H3,(H,38,45)(H,39,46)(H,36,37,43,44). The number of piperidine rings is 2. The summed E-state index contributed by atoms with van der Waals surface area (Å²) in [5.41, 5.74) is 0.626. The third kappa shape index (κ3) is 8.11. The lowest BCUT2D eigenvalue weighted by molar-refractivity contribution is -0.0690. The summed E-state index contributed by atoms with van der Waals surface area (Å²) in [7, 11) is 0. The fraction of sp³-hybridized carbons (Fsp3) is 0.629. The van der Waals surface area contributed by atoms with E-state index in [2.05, 4.69) is 25.8 Å². The van der Waals surface area contributed by atoms with Gasteiger partial charge in [0.05, 0.1) is 5.69 Å². The minimum absolute atomic E-state index is 0.0837. The Hall–Kier alpha value is -4.13. The van der Waals surface area contributed by atoms with Crippen molar-refractivity contribution in [1.82, 2.24) is 30.0 Å². The molecule has 2 aromatic rings. The van der Waals surface area contributed by atoms with Crippen LogP contribution in [0.3, 0.4) is 0 Å². The summed E-state index contributed by atoms with van der Waals surface area (Å²) in [6.45, 7) is 15.2. The number of amides is 4. The van der Waals surface area contributed by atoms with Gasteiger partial charge in [0.2, 0.25) is 0 Å². The van der Waals surface area contributed by atoms with Gasteiger partial charge in [0, 0.05) is 50.5 Å². The van der Waals surface area contributed by atoms with E-state index in [0.717, 1.165) is 50.9 Å². The van der Waals surface area contributed by atoms with Crippen LogP contribution in [-0.4, -0.2) is 87.0 Å². The van der Waals surface area contributed by atoms with E-state index in [1.54, 1.807) is 17.2 Å². The quantitative estimate of drug-likeness (QED) is 0.410. The van der Waals surface area contributed by atoms with E-state index in [-0.39, 0.29) is 47.1 Å². The zero-order chi connectivity index (χ0) is 34.4. The number of fused-ring (bicyclic) bond motifs is 1. The van der Waals surface area contributed by atoms with Crippen molar-refractivity contribution in [2.45, 2.75) is 97.1 Å². The van der Waals surface area contributed by atoms with Crippen molar-refractivity contribution in [1.29, 1.82) is 0 Å². The Balaban J connectivity index is 0.930. The Bertz CT molecular complexity index is 1570. The van der Waals surface area contributed by atoms with E-state index < -0.39 is 11.3 Å². The Morgan fingerprint density at radius 1 is 0.938 bits per heavy atom. The summed E-state index contributed by atoms with van der Waals surface area (Å²) in [5.74, 6) is 1.13. The first-order chi connectivity index (χ1) is 22.5. The van der Waals surface area contributed by atoms with Crippen LogP contribution < -0.4 is 21.6 Å². The maximum atomic E-state index is 13.0. The highest BCUT2D eigenvalue weighted by Gasteiger charge is 2.56. The van der Waals surface area contributed by atoms with Crippen molar-refractivity contribution in [3.8, 4) is 5.69 Å². The molecule has 0 radical (unpaired) electrons. The Kier molecular flexibility index (Phi) is 8.95. The van der Waals surface area contributed by atoms with Crippen LogP contribution in [0.25, 0.3) is 5.69 Å². The summed E-state index contributed by atoms with van der Waals surface area (Å²) in [6, 6.07) is 9.37. The first kappa shape index (κ1) is 33.8. The molecule has 4 amide bonds. The van der Waals surface area contributed by atoms with Gasteiger partial charge in [-0.3, -0.25) is 14.8 Å². The minimum atomic E-state index is -0.504. The number of carbonyl (C=O) groups excluding carboxylic acids is 3. The first-order valence-corrected chi connectivity index (χ1v) is 17.0. The number of nitrogens with one attached hydrogen (secondary N) is 3. The van der Waals surface area contributed by atoms with Gasteiger partial charge in [0.15, 0.2) is 0 Å². The van der Waals surface area contributed by atoms with Gasteiger partial charge < -0.3 is 25.0 Å². The molecule has 2 atom stereocenters. The van der Waals surface area contributed by atoms with Gasteiger partial charge in [0.1, 0.15) is 17.5 Å². The lowest BCUT2D eigenvalue weighted by Crippen LogP contribution is -2.53. The number of carbonyl (C=O) groups is 3. The average molecular weight is 664 g/mol. The van der Waals surface area contributed by atoms with Crippen molar-refractivity contribution < 1.29 is 23.9 Å². The maximum Gasteiger partial charge on any atom is 0.407 e. The molecule has 2 aliphatic carbocycles. The number of likely N-dealkylation sites (tertiary alicyclic amines) is 2. The molecule has 1 aromatic heterocycles. The molecule has 4 fully saturated rings. The number of anilines is 1. The second kappa shape index (κ2) is 12.7. The first-order valence-electron chi connectivity index (χ1n) is 17.0. The molecule has 1 aromatic carbocycles. The lowest BCUT2D eigenvalue weighted by atomic mass is 9.61. The molecule has 2 unspecified atom stereocenters. The molecule has 6 rings (SSSR count). The molecule has 1 spiro atoms. The maximum absolute atomic E-state index is 13.0. The topological polar surface area (TPSA) is 147 Å². The summed E-state index contributed by atoms with van der Waals surface area (Å²) < 4.78 is 12.4. The Morgan fingerprint density at radius 3 is 2.17 bits per heavy atom. The number of hydrogen-bond donors (Lipinski definition) is 3. The number of benzene rings is 1. The fourth-order valence-electron chi connectivity index (χ4n) is 7.35. The smallest absolute Gasteiger partial charge is 0.407 e. The summed E-state index contributed by atoms with van der Waals surface area (Å²) in [4.78, 5) is 58.3. The van der Waals surface area contributed by atoms with Crippen LogP contribution in [0, 0.1) is 17.3 Å². The van der Waals surface area contributed by atoms with Crippen LogP contribution in [0.1, 0.15) is 72.8 Å². The number of ether oxygens (including phenoxy) is 2. The highest BCUT2D eigenvalue weighted by Crippen LogP contribution is 2.50. The van der Waals surface area contributed by atoms with E-state index in [4.69, 9.17) is 9.47 Å². The Morgan fingerprint density at radius 2 is 1.58 bits per heavy atom. The molecule has 260 valence electrons. The van der Waals surface area contributed by atoms with Crippen LogP contribution >= 0.6 is 0 Å². The number of nitrogens with zero attached hydrogens (tertiary/aromatic N) is 4. The van der Waals surface area contributed by atoms with E-state index in [0.29, 0.717) is 30.6 Å². The predicted molar refractivity (Wildman–Crippen MR) is 180 cm³/mol. The zero-order valence-corrected chi connectivity index (χ0v) is 28.9. The van der Waals surface area contributed by atoms with Crippen LogP contribution in [0.4, 0.5) is 20.2 Å². The number of hydrogen-bond acceptors (Lipinski definition) is 8.